The molecule has 5 N–H and O–H groups in total. The highest BCUT2D eigenvalue weighted by Crippen LogP contribution is 2.28. The van der Waals surface area contributed by atoms with Crippen molar-refractivity contribution in [1.29, 1.82) is 0 Å². The van der Waals surface area contributed by atoms with Crippen LogP contribution >= 0.6 is 0 Å². The molecule has 0 unspecified atom stereocenters. The lowest BCUT2D eigenvalue weighted by atomic mass is 9.94. The molecule has 0 aliphatic carbocycles. The number of hydrogen-bond donors (Lipinski definition) is 5. The third-order valence-corrected chi connectivity index (χ3v) is 4.53. The number of hydrogen-bond acceptors (Lipinski definition) is 6. The van der Waals surface area contributed by atoms with Crippen LogP contribution in [0.1, 0.15) is 22.3 Å². The minimum atomic E-state index is -1.15. The Hall–Kier alpha value is -2.87. The third-order valence-electron chi connectivity index (χ3n) is 4.53. The number of aliphatic carboxylic acids is 1. The van der Waals surface area contributed by atoms with Crippen LogP contribution in [0, 0.1) is 0 Å². The molecule has 0 radical (unpaired) electrons. The summed E-state index contributed by atoms with van der Waals surface area (Å²) in [5, 5.41) is 47.8. The second kappa shape index (κ2) is 9.89. The predicted molar refractivity (Wildman–Crippen MR) is 102 cm³/mol. The first-order valence-electron chi connectivity index (χ1n) is 8.66. The topological polar surface area (TPSA) is 127 Å². The maximum absolute atomic E-state index is 11.8. The fraction of sp³-hybridized carbons (Fsp3) is 0.286. The number of carbonyl (C=O) groups is 1. The van der Waals surface area contributed by atoms with E-state index in [0.717, 1.165) is 0 Å². The number of rotatable bonds is 9. The first kappa shape index (κ1) is 21.4. The van der Waals surface area contributed by atoms with Crippen molar-refractivity contribution in [3.8, 4) is 11.5 Å². The molecule has 0 saturated carbocycles. The predicted octanol–water partition coefficient (Wildman–Crippen LogP) is 1.54. The Kier molecular flexibility index (Phi) is 7.57. The van der Waals surface area contributed by atoms with Gasteiger partial charge in [0, 0.05) is 12.0 Å². The maximum Gasteiger partial charge on any atom is 0.331 e. The van der Waals surface area contributed by atoms with E-state index in [4.69, 9.17) is 4.74 Å². The first-order valence-corrected chi connectivity index (χ1v) is 8.66. The molecule has 0 saturated heterocycles. The van der Waals surface area contributed by atoms with Gasteiger partial charge in [-0.1, -0.05) is 24.3 Å². The van der Waals surface area contributed by atoms with Crippen molar-refractivity contribution in [2.45, 2.75) is 26.1 Å². The van der Waals surface area contributed by atoms with Crippen LogP contribution in [0.25, 0.3) is 0 Å². The van der Waals surface area contributed by atoms with E-state index >= 15 is 0 Å². The van der Waals surface area contributed by atoms with Gasteiger partial charge in [-0.3, -0.25) is 0 Å². The maximum atomic E-state index is 11.8. The van der Waals surface area contributed by atoms with E-state index in [1.807, 2.05) is 0 Å². The summed E-state index contributed by atoms with van der Waals surface area (Å²) in [5.74, 6) is -0.958. The second-order valence-corrected chi connectivity index (χ2v) is 6.32. The number of aliphatic hydroxyl groups excluding tert-OH is 3. The van der Waals surface area contributed by atoms with Crippen molar-refractivity contribution in [3.05, 3.63) is 69.8 Å². The molecule has 0 atom stereocenters. The molecule has 28 heavy (non-hydrogen) atoms. The Balaban J connectivity index is 2.38. The number of phenolic OH excluding ortho intramolecular Hbond substituents is 1. The van der Waals surface area contributed by atoms with Gasteiger partial charge in [0.25, 0.3) is 0 Å². The molecule has 7 heteroatoms. The number of ether oxygens (including phenoxy) is 1. The quantitative estimate of drug-likeness (QED) is 0.412. The minimum absolute atomic E-state index is 0.0451. The number of aliphatic hydroxyl groups is 3. The van der Waals surface area contributed by atoms with Gasteiger partial charge in [0.1, 0.15) is 0 Å². The van der Waals surface area contributed by atoms with Crippen molar-refractivity contribution >= 4 is 5.97 Å². The summed E-state index contributed by atoms with van der Waals surface area (Å²) in [6.07, 6.45) is 0.232. The molecule has 0 spiro atoms. The standard InChI is InChI=1S/C21H24O7/c1-28-20-9-14(3-5-19(20)25)8-18(21(26)27)17(12-24)7-13-2-4-15(10-22)16(6-13)11-23/h2-6,9,22-25H,7-8,10-12H2,1H3,(H,26,27)/b18-17-. The van der Waals surface area contributed by atoms with Gasteiger partial charge >= 0.3 is 5.97 Å². The summed E-state index contributed by atoms with van der Waals surface area (Å²) in [5.41, 5.74) is 2.86. The van der Waals surface area contributed by atoms with Gasteiger partial charge in [-0.2, -0.15) is 0 Å². The van der Waals surface area contributed by atoms with Gasteiger partial charge in [0.2, 0.25) is 0 Å². The van der Waals surface area contributed by atoms with Gasteiger partial charge in [-0.05, 0) is 46.4 Å². The number of phenols is 1. The number of benzene rings is 2. The molecule has 7 nitrogen and oxygen atoms in total. The van der Waals surface area contributed by atoms with Crippen molar-refractivity contribution < 1.29 is 35.1 Å². The fourth-order valence-corrected chi connectivity index (χ4v) is 2.98. The number of carboxylic acids is 1. The van der Waals surface area contributed by atoms with Gasteiger partial charge < -0.3 is 30.3 Å². The molecule has 0 bridgehead atoms. The molecule has 0 amide bonds. The Bertz CT molecular complexity index is 871. The van der Waals surface area contributed by atoms with Crippen LogP contribution in [0.5, 0.6) is 11.5 Å². The van der Waals surface area contributed by atoms with Gasteiger partial charge in [-0.25, -0.2) is 4.79 Å². The lowest BCUT2D eigenvalue weighted by Gasteiger charge is -2.14. The SMILES string of the molecule is COc1cc(C/C(C(=O)O)=C(/CO)Cc2ccc(CO)c(CO)c2)ccc1O. The number of methoxy groups -OCH3 is 1. The van der Waals surface area contributed by atoms with Crippen LogP contribution < -0.4 is 4.74 Å². The van der Waals surface area contributed by atoms with Gasteiger partial charge in [-0.15, -0.1) is 0 Å². The van der Waals surface area contributed by atoms with Gasteiger partial charge in [0.05, 0.1) is 26.9 Å². The first-order chi connectivity index (χ1) is 13.4. The zero-order valence-electron chi connectivity index (χ0n) is 15.6. The molecule has 2 aromatic carbocycles. The zero-order chi connectivity index (χ0) is 20.7. The van der Waals surface area contributed by atoms with E-state index in [1.54, 1.807) is 30.3 Å². The summed E-state index contributed by atoms with van der Waals surface area (Å²) in [6, 6.07) is 9.64. The Morgan fingerprint density at radius 3 is 2.14 bits per heavy atom. The monoisotopic (exact) mass is 388 g/mol. The Morgan fingerprint density at radius 1 is 0.929 bits per heavy atom. The summed E-state index contributed by atoms with van der Waals surface area (Å²) in [6.45, 7) is -0.893. The molecule has 2 rings (SSSR count). The molecule has 0 fully saturated rings. The molecule has 0 aliphatic heterocycles. The summed E-state index contributed by atoms with van der Waals surface area (Å²) in [4.78, 5) is 11.8. The van der Waals surface area contributed by atoms with Crippen LogP contribution in [0.15, 0.2) is 47.5 Å². The van der Waals surface area contributed by atoms with E-state index in [2.05, 4.69) is 0 Å². The zero-order valence-corrected chi connectivity index (χ0v) is 15.6. The average molecular weight is 388 g/mol. The van der Waals surface area contributed by atoms with Crippen molar-refractivity contribution in [2.75, 3.05) is 13.7 Å². The molecule has 2 aromatic rings. The van der Waals surface area contributed by atoms with Crippen molar-refractivity contribution in [2.24, 2.45) is 0 Å². The average Bonchev–Trinajstić information content (AvgIpc) is 2.71. The van der Waals surface area contributed by atoms with Crippen molar-refractivity contribution in [1.82, 2.24) is 0 Å². The second-order valence-electron chi connectivity index (χ2n) is 6.32. The lowest BCUT2D eigenvalue weighted by molar-refractivity contribution is -0.132. The Morgan fingerprint density at radius 2 is 1.57 bits per heavy atom. The minimum Gasteiger partial charge on any atom is -0.504 e. The molecular weight excluding hydrogens is 364 g/mol. The van der Waals surface area contributed by atoms with E-state index in [9.17, 15) is 30.3 Å². The molecule has 0 aliphatic rings. The van der Waals surface area contributed by atoms with E-state index < -0.39 is 12.6 Å². The van der Waals surface area contributed by atoms with Crippen LogP contribution in [-0.2, 0) is 30.8 Å². The lowest BCUT2D eigenvalue weighted by Crippen LogP contribution is -2.12. The fourth-order valence-electron chi connectivity index (χ4n) is 2.98. The van der Waals surface area contributed by atoms with Crippen LogP contribution in [0.2, 0.25) is 0 Å². The summed E-state index contributed by atoms with van der Waals surface area (Å²) in [7, 11) is 1.40. The van der Waals surface area contributed by atoms with E-state index in [0.29, 0.717) is 27.8 Å². The normalized spacial score (nSPS) is 11.9. The largest absolute Gasteiger partial charge is 0.504 e. The summed E-state index contributed by atoms with van der Waals surface area (Å²) < 4.78 is 5.05. The number of carboxylic acid groups (broad SMARTS) is 1. The van der Waals surface area contributed by atoms with Gasteiger partial charge in [0.15, 0.2) is 11.5 Å². The summed E-state index contributed by atoms with van der Waals surface area (Å²) >= 11 is 0. The van der Waals surface area contributed by atoms with Crippen LogP contribution in [-0.4, -0.2) is 45.2 Å². The molecule has 0 heterocycles. The van der Waals surface area contributed by atoms with E-state index in [-0.39, 0.29) is 43.1 Å². The van der Waals surface area contributed by atoms with Crippen LogP contribution in [0.3, 0.4) is 0 Å². The number of aromatic hydroxyl groups is 1. The molecule has 0 aromatic heterocycles. The van der Waals surface area contributed by atoms with E-state index in [1.165, 1.54) is 13.2 Å². The highest BCUT2D eigenvalue weighted by atomic mass is 16.5. The third kappa shape index (κ3) is 5.10. The smallest absolute Gasteiger partial charge is 0.331 e. The highest BCUT2D eigenvalue weighted by Gasteiger charge is 2.17. The molecule has 150 valence electrons. The Labute approximate surface area is 162 Å². The van der Waals surface area contributed by atoms with Crippen LogP contribution in [0.4, 0.5) is 0 Å². The van der Waals surface area contributed by atoms with Crippen molar-refractivity contribution in [3.63, 3.8) is 0 Å². The molecular formula is C21H24O7. The highest BCUT2D eigenvalue weighted by molar-refractivity contribution is 5.88.